The summed E-state index contributed by atoms with van der Waals surface area (Å²) in [7, 11) is 0. The van der Waals surface area contributed by atoms with Gasteiger partial charge in [-0.1, -0.05) is 46.8 Å². The first-order valence-corrected chi connectivity index (χ1v) is 5.87. The molecule has 0 saturated carbocycles. The SMILES string of the molecule is C=C(CC)CC(NCC)C(C)(C)CC. The summed E-state index contributed by atoms with van der Waals surface area (Å²) in [5.41, 5.74) is 1.73. The molecule has 1 nitrogen and oxygen atoms in total. The third kappa shape index (κ3) is 4.28. The van der Waals surface area contributed by atoms with E-state index in [-0.39, 0.29) is 0 Å². The molecule has 0 aromatic heterocycles. The van der Waals surface area contributed by atoms with Crippen molar-refractivity contribution in [1.82, 2.24) is 5.32 Å². The first-order valence-electron chi connectivity index (χ1n) is 5.87. The van der Waals surface area contributed by atoms with Crippen LogP contribution < -0.4 is 5.32 Å². The van der Waals surface area contributed by atoms with Crippen LogP contribution in [0.5, 0.6) is 0 Å². The van der Waals surface area contributed by atoms with Gasteiger partial charge in [0.05, 0.1) is 0 Å². The molecule has 0 aromatic carbocycles. The van der Waals surface area contributed by atoms with E-state index < -0.39 is 0 Å². The molecule has 1 heteroatoms. The van der Waals surface area contributed by atoms with Crippen molar-refractivity contribution < 1.29 is 0 Å². The molecule has 1 atom stereocenters. The summed E-state index contributed by atoms with van der Waals surface area (Å²) in [6, 6.07) is 0.574. The van der Waals surface area contributed by atoms with E-state index in [2.05, 4.69) is 46.5 Å². The Balaban J connectivity index is 4.35. The Bertz CT molecular complexity index is 170. The van der Waals surface area contributed by atoms with Gasteiger partial charge >= 0.3 is 0 Å². The van der Waals surface area contributed by atoms with E-state index in [1.165, 1.54) is 12.0 Å². The summed E-state index contributed by atoms with van der Waals surface area (Å²) in [5, 5.41) is 3.58. The second kappa shape index (κ2) is 6.23. The lowest BCUT2D eigenvalue weighted by molar-refractivity contribution is 0.232. The Morgan fingerprint density at radius 1 is 1.29 bits per heavy atom. The average Bonchev–Trinajstić information content (AvgIpc) is 2.17. The van der Waals surface area contributed by atoms with Crippen molar-refractivity contribution in [2.45, 2.75) is 59.9 Å². The predicted octanol–water partition coefficient (Wildman–Crippen LogP) is 3.76. The van der Waals surface area contributed by atoms with Crippen LogP contribution in [0.1, 0.15) is 53.9 Å². The maximum Gasteiger partial charge on any atom is 0.0155 e. The third-order valence-electron chi connectivity index (χ3n) is 3.30. The van der Waals surface area contributed by atoms with Gasteiger partial charge in [-0.2, -0.15) is 0 Å². The van der Waals surface area contributed by atoms with Crippen LogP contribution in [-0.4, -0.2) is 12.6 Å². The Morgan fingerprint density at radius 3 is 2.21 bits per heavy atom. The summed E-state index contributed by atoms with van der Waals surface area (Å²) in [4.78, 5) is 0. The van der Waals surface area contributed by atoms with E-state index in [9.17, 15) is 0 Å². The predicted molar refractivity (Wildman–Crippen MR) is 65.6 cm³/mol. The molecule has 84 valence electrons. The lowest BCUT2D eigenvalue weighted by atomic mass is 9.78. The highest BCUT2D eigenvalue weighted by Gasteiger charge is 2.26. The molecule has 0 aliphatic rings. The Morgan fingerprint density at radius 2 is 1.86 bits per heavy atom. The van der Waals surface area contributed by atoms with Gasteiger partial charge in [0, 0.05) is 6.04 Å². The van der Waals surface area contributed by atoms with E-state index in [0.717, 1.165) is 19.4 Å². The second-order valence-corrected chi connectivity index (χ2v) is 4.76. The van der Waals surface area contributed by atoms with Crippen molar-refractivity contribution in [2.75, 3.05) is 6.54 Å². The summed E-state index contributed by atoms with van der Waals surface area (Å²) >= 11 is 0. The Labute approximate surface area is 90.0 Å². The van der Waals surface area contributed by atoms with Crippen LogP contribution in [-0.2, 0) is 0 Å². The number of hydrogen-bond donors (Lipinski definition) is 1. The molecular weight excluding hydrogens is 170 g/mol. The smallest absolute Gasteiger partial charge is 0.0155 e. The largest absolute Gasteiger partial charge is 0.313 e. The minimum Gasteiger partial charge on any atom is -0.313 e. The van der Waals surface area contributed by atoms with Crippen molar-refractivity contribution in [3.05, 3.63) is 12.2 Å². The van der Waals surface area contributed by atoms with Gasteiger partial charge in [0.2, 0.25) is 0 Å². The molecule has 0 radical (unpaired) electrons. The maximum atomic E-state index is 4.10. The van der Waals surface area contributed by atoms with Gasteiger partial charge in [0.15, 0.2) is 0 Å². The highest BCUT2D eigenvalue weighted by molar-refractivity contribution is 5.00. The molecule has 0 aromatic rings. The number of nitrogens with one attached hydrogen (secondary N) is 1. The standard InChI is InChI=1S/C13H27N/c1-7-11(4)10-12(14-9-3)13(5,6)8-2/h12,14H,4,7-10H2,1-3,5-6H3. The van der Waals surface area contributed by atoms with Crippen molar-refractivity contribution in [3.63, 3.8) is 0 Å². The topological polar surface area (TPSA) is 12.0 Å². The van der Waals surface area contributed by atoms with Crippen LogP contribution in [0.25, 0.3) is 0 Å². The highest BCUT2D eigenvalue weighted by Crippen LogP contribution is 2.29. The molecule has 1 unspecified atom stereocenters. The van der Waals surface area contributed by atoms with Gasteiger partial charge in [-0.05, 0) is 31.2 Å². The fourth-order valence-electron chi connectivity index (χ4n) is 1.55. The van der Waals surface area contributed by atoms with Gasteiger partial charge in [-0.3, -0.25) is 0 Å². The third-order valence-corrected chi connectivity index (χ3v) is 3.30. The van der Waals surface area contributed by atoms with E-state index in [0.29, 0.717) is 11.5 Å². The molecule has 0 aliphatic heterocycles. The summed E-state index contributed by atoms with van der Waals surface area (Å²) in [6.07, 6.45) is 3.43. The fourth-order valence-corrected chi connectivity index (χ4v) is 1.55. The van der Waals surface area contributed by atoms with Gasteiger partial charge in [0.1, 0.15) is 0 Å². The van der Waals surface area contributed by atoms with Crippen molar-refractivity contribution in [3.8, 4) is 0 Å². The Kier molecular flexibility index (Phi) is 6.10. The molecule has 1 N–H and O–H groups in total. The van der Waals surface area contributed by atoms with E-state index in [4.69, 9.17) is 0 Å². The molecule has 0 bridgehead atoms. The van der Waals surface area contributed by atoms with Crippen molar-refractivity contribution in [2.24, 2.45) is 5.41 Å². The van der Waals surface area contributed by atoms with Crippen LogP contribution in [0.15, 0.2) is 12.2 Å². The number of hydrogen-bond acceptors (Lipinski definition) is 1. The zero-order chi connectivity index (χ0) is 11.2. The molecule has 0 heterocycles. The number of rotatable bonds is 7. The van der Waals surface area contributed by atoms with Crippen LogP contribution in [0.3, 0.4) is 0 Å². The lowest BCUT2D eigenvalue weighted by Crippen LogP contribution is -2.41. The van der Waals surface area contributed by atoms with Gasteiger partial charge in [-0.15, -0.1) is 0 Å². The molecule has 0 rings (SSSR count). The van der Waals surface area contributed by atoms with Gasteiger partial charge < -0.3 is 5.32 Å². The monoisotopic (exact) mass is 197 g/mol. The molecule has 0 fully saturated rings. The zero-order valence-corrected chi connectivity index (χ0v) is 10.6. The van der Waals surface area contributed by atoms with E-state index in [1.54, 1.807) is 0 Å². The van der Waals surface area contributed by atoms with E-state index in [1.807, 2.05) is 0 Å². The van der Waals surface area contributed by atoms with Gasteiger partial charge in [-0.25, -0.2) is 0 Å². The maximum absolute atomic E-state index is 4.10. The van der Waals surface area contributed by atoms with Crippen LogP contribution in [0.2, 0.25) is 0 Å². The van der Waals surface area contributed by atoms with E-state index >= 15 is 0 Å². The molecule has 0 amide bonds. The molecule has 0 saturated heterocycles. The van der Waals surface area contributed by atoms with Gasteiger partial charge in [0.25, 0.3) is 0 Å². The molecular formula is C13H27N. The highest BCUT2D eigenvalue weighted by atomic mass is 14.9. The van der Waals surface area contributed by atoms with Crippen LogP contribution >= 0.6 is 0 Å². The quantitative estimate of drug-likeness (QED) is 0.613. The second-order valence-electron chi connectivity index (χ2n) is 4.76. The molecule has 14 heavy (non-hydrogen) atoms. The average molecular weight is 197 g/mol. The summed E-state index contributed by atoms with van der Waals surface area (Å²) < 4.78 is 0. The lowest BCUT2D eigenvalue weighted by Gasteiger charge is -2.34. The zero-order valence-electron chi connectivity index (χ0n) is 10.6. The molecule has 0 aliphatic carbocycles. The van der Waals surface area contributed by atoms with Crippen molar-refractivity contribution >= 4 is 0 Å². The first kappa shape index (κ1) is 13.7. The summed E-state index contributed by atoms with van der Waals surface area (Å²) in [5.74, 6) is 0. The molecule has 0 spiro atoms. The normalized spacial score (nSPS) is 14.1. The first-order chi connectivity index (χ1) is 6.47. The van der Waals surface area contributed by atoms with Crippen LogP contribution in [0.4, 0.5) is 0 Å². The Hall–Kier alpha value is -0.300. The summed E-state index contributed by atoms with van der Waals surface area (Å²) in [6.45, 7) is 16.4. The minimum atomic E-state index is 0.369. The van der Waals surface area contributed by atoms with Crippen molar-refractivity contribution in [1.29, 1.82) is 0 Å². The fraction of sp³-hybridized carbons (Fsp3) is 0.846. The minimum absolute atomic E-state index is 0.369. The van der Waals surface area contributed by atoms with Crippen LogP contribution in [0, 0.1) is 5.41 Å².